The topological polar surface area (TPSA) is 20.2 Å². The Kier molecular flexibility index (Phi) is 0.513. The summed E-state index contributed by atoms with van der Waals surface area (Å²) in [6.07, 6.45) is 2.76. The normalized spacial score (nSPS) is 80.7. The average molecular weight is 136 g/mol. The predicted molar refractivity (Wildman–Crippen MR) is 36.2 cm³/mol. The fraction of sp³-hybridized carbons (Fsp3) is 1.00. The summed E-state index contributed by atoms with van der Waals surface area (Å²) in [5.74, 6) is 5.96. The van der Waals surface area contributed by atoms with Gasteiger partial charge >= 0.3 is 0 Å². The summed E-state index contributed by atoms with van der Waals surface area (Å²) in [6, 6.07) is 0. The summed E-state index contributed by atoms with van der Waals surface area (Å²) in [6.45, 7) is 0. The molecule has 7 atom stereocenters. The molecule has 5 rings (SSSR count). The van der Waals surface area contributed by atoms with Gasteiger partial charge in [0.05, 0.1) is 6.10 Å². The molecule has 0 spiro atoms. The number of hydrogen-bond acceptors (Lipinski definition) is 1. The first-order chi connectivity index (χ1) is 4.88. The average Bonchev–Trinajstić information content (AvgIpc) is 2.34. The highest BCUT2D eigenvalue weighted by Gasteiger charge is 2.77. The molecule has 0 amide bonds. The Morgan fingerprint density at radius 2 is 1.60 bits per heavy atom. The van der Waals surface area contributed by atoms with Crippen LogP contribution in [0, 0.1) is 35.5 Å². The second kappa shape index (κ2) is 1.08. The van der Waals surface area contributed by atoms with Crippen LogP contribution in [0.5, 0.6) is 0 Å². The van der Waals surface area contributed by atoms with Gasteiger partial charge in [0.15, 0.2) is 0 Å². The molecule has 1 nitrogen and oxygen atoms in total. The van der Waals surface area contributed by atoms with Crippen LogP contribution in [0.2, 0.25) is 0 Å². The van der Waals surface area contributed by atoms with Crippen LogP contribution in [-0.2, 0) is 0 Å². The van der Waals surface area contributed by atoms with Crippen LogP contribution in [-0.4, -0.2) is 11.2 Å². The number of aliphatic hydroxyl groups is 1. The molecule has 5 fully saturated rings. The van der Waals surface area contributed by atoms with Crippen molar-refractivity contribution < 1.29 is 5.11 Å². The molecule has 0 aromatic heterocycles. The van der Waals surface area contributed by atoms with Crippen molar-refractivity contribution >= 4 is 0 Å². The first kappa shape index (κ1) is 4.76. The molecule has 10 heavy (non-hydrogen) atoms. The zero-order chi connectivity index (χ0) is 6.46. The lowest BCUT2D eigenvalue weighted by molar-refractivity contribution is 0.104. The van der Waals surface area contributed by atoms with Gasteiger partial charge in [0.2, 0.25) is 0 Å². The highest BCUT2D eigenvalue weighted by molar-refractivity contribution is 5.25. The Labute approximate surface area is 60.4 Å². The zero-order valence-electron chi connectivity index (χ0n) is 5.90. The summed E-state index contributed by atoms with van der Waals surface area (Å²) in [7, 11) is 0. The fourth-order valence-corrected chi connectivity index (χ4v) is 4.70. The van der Waals surface area contributed by atoms with Crippen molar-refractivity contribution in [3.63, 3.8) is 0 Å². The molecular weight excluding hydrogens is 124 g/mol. The third-order valence-electron chi connectivity index (χ3n) is 4.78. The van der Waals surface area contributed by atoms with E-state index in [2.05, 4.69) is 0 Å². The van der Waals surface area contributed by atoms with Crippen LogP contribution in [0.1, 0.15) is 12.8 Å². The lowest BCUT2D eigenvalue weighted by Gasteiger charge is -2.14. The Morgan fingerprint density at radius 3 is 2.10 bits per heavy atom. The highest BCUT2D eigenvalue weighted by Crippen LogP contribution is 2.80. The van der Waals surface area contributed by atoms with Gasteiger partial charge in [-0.2, -0.15) is 0 Å². The van der Waals surface area contributed by atoms with Crippen LogP contribution in [0.4, 0.5) is 0 Å². The van der Waals surface area contributed by atoms with Gasteiger partial charge in [-0.15, -0.1) is 0 Å². The number of hydrogen-bond donors (Lipinski definition) is 1. The SMILES string of the molecule is O[C@H]1C[C@H]2C3CC4[C@@H]([C@H]31)[C@H]42. The minimum atomic E-state index is 0.115. The lowest BCUT2D eigenvalue weighted by atomic mass is 9.98. The Bertz CT molecular complexity index is 213. The van der Waals surface area contributed by atoms with E-state index in [4.69, 9.17) is 0 Å². The second-order valence-electron chi connectivity index (χ2n) is 4.76. The first-order valence-electron chi connectivity index (χ1n) is 4.56. The highest BCUT2D eigenvalue weighted by atomic mass is 16.3. The zero-order valence-corrected chi connectivity index (χ0v) is 5.90. The minimum Gasteiger partial charge on any atom is -0.393 e. The monoisotopic (exact) mass is 136 g/mol. The van der Waals surface area contributed by atoms with E-state index in [0.29, 0.717) is 0 Å². The van der Waals surface area contributed by atoms with E-state index >= 15 is 0 Å². The van der Waals surface area contributed by atoms with Gasteiger partial charge in [0, 0.05) is 0 Å². The largest absolute Gasteiger partial charge is 0.393 e. The maximum Gasteiger partial charge on any atom is 0.0576 e. The van der Waals surface area contributed by atoms with Crippen molar-refractivity contribution in [3.05, 3.63) is 0 Å². The number of aliphatic hydroxyl groups excluding tert-OH is 1. The standard InChI is InChI=1S/C9H12O/c10-6-2-4-3-1-5-7(4)9(5)8(3)6/h3-10H,1-2H2/t3?,4-,5?,6-,7-,8+,9+/m0/s1. The Hall–Kier alpha value is -0.0400. The molecule has 54 valence electrons. The summed E-state index contributed by atoms with van der Waals surface area (Å²) in [4.78, 5) is 0. The Balaban J connectivity index is 1.93. The molecular formula is C9H12O. The molecule has 0 aromatic carbocycles. The molecule has 5 saturated carbocycles. The van der Waals surface area contributed by atoms with E-state index in [1.54, 1.807) is 0 Å². The predicted octanol–water partition coefficient (Wildman–Crippen LogP) is 0.879. The summed E-state index contributed by atoms with van der Waals surface area (Å²) in [5, 5.41) is 9.61. The van der Waals surface area contributed by atoms with E-state index in [1.165, 1.54) is 6.42 Å². The maximum absolute atomic E-state index is 9.61. The first-order valence-corrected chi connectivity index (χ1v) is 4.56. The van der Waals surface area contributed by atoms with Crippen LogP contribution < -0.4 is 0 Å². The molecule has 5 aliphatic carbocycles. The summed E-state index contributed by atoms with van der Waals surface area (Å²) in [5.41, 5.74) is 0. The summed E-state index contributed by atoms with van der Waals surface area (Å²) < 4.78 is 0. The van der Waals surface area contributed by atoms with Gasteiger partial charge in [-0.1, -0.05) is 0 Å². The van der Waals surface area contributed by atoms with Crippen molar-refractivity contribution in [1.82, 2.24) is 0 Å². The van der Waals surface area contributed by atoms with Crippen molar-refractivity contribution in [1.29, 1.82) is 0 Å². The van der Waals surface area contributed by atoms with Crippen molar-refractivity contribution in [2.45, 2.75) is 18.9 Å². The van der Waals surface area contributed by atoms with E-state index in [9.17, 15) is 5.11 Å². The van der Waals surface area contributed by atoms with Gasteiger partial charge in [0.25, 0.3) is 0 Å². The van der Waals surface area contributed by atoms with Crippen molar-refractivity contribution in [2.75, 3.05) is 0 Å². The van der Waals surface area contributed by atoms with E-state index in [0.717, 1.165) is 41.9 Å². The van der Waals surface area contributed by atoms with Gasteiger partial charge in [-0.05, 0) is 48.3 Å². The van der Waals surface area contributed by atoms with Crippen LogP contribution in [0.15, 0.2) is 0 Å². The molecule has 0 heterocycles. The third-order valence-corrected chi connectivity index (χ3v) is 4.78. The second-order valence-corrected chi connectivity index (χ2v) is 4.76. The quantitative estimate of drug-likeness (QED) is 0.524. The Morgan fingerprint density at radius 1 is 0.800 bits per heavy atom. The lowest BCUT2D eigenvalue weighted by Crippen LogP contribution is -2.18. The van der Waals surface area contributed by atoms with Gasteiger partial charge in [-0.25, -0.2) is 0 Å². The maximum atomic E-state index is 9.61. The minimum absolute atomic E-state index is 0.115. The number of rotatable bonds is 0. The summed E-state index contributed by atoms with van der Waals surface area (Å²) >= 11 is 0. The molecule has 1 heteroatoms. The molecule has 5 aliphatic rings. The molecule has 0 aromatic rings. The third kappa shape index (κ3) is 0.268. The molecule has 0 radical (unpaired) electrons. The van der Waals surface area contributed by atoms with Crippen LogP contribution in [0.3, 0.4) is 0 Å². The molecule has 1 N–H and O–H groups in total. The molecule has 0 aliphatic heterocycles. The molecule has 6 bridgehead atoms. The molecule has 2 unspecified atom stereocenters. The smallest absolute Gasteiger partial charge is 0.0576 e. The van der Waals surface area contributed by atoms with Gasteiger partial charge < -0.3 is 5.11 Å². The van der Waals surface area contributed by atoms with E-state index < -0.39 is 0 Å². The van der Waals surface area contributed by atoms with Gasteiger partial charge in [-0.3, -0.25) is 0 Å². The fourth-order valence-electron chi connectivity index (χ4n) is 4.70. The van der Waals surface area contributed by atoms with E-state index in [1.807, 2.05) is 0 Å². The van der Waals surface area contributed by atoms with Gasteiger partial charge in [0.1, 0.15) is 0 Å². The molecule has 0 saturated heterocycles. The van der Waals surface area contributed by atoms with Crippen molar-refractivity contribution in [3.8, 4) is 0 Å². The van der Waals surface area contributed by atoms with Crippen LogP contribution >= 0.6 is 0 Å². The van der Waals surface area contributed by atoms with E-state index in [-0.39, 0.29) is 6.10 Å². The van der Waals surface area contributed by atoms with Crippen LogP contribution in [0.25, 0.3) is 0 Å². The van der Waals surface area contributed by atoms with Crippen molar-refractivity contribution in [2.24, 2.45) is 35.5 Å².